The van der Waals surface area contributed by atoms with Gasteiger partial charge in [0.25, 0.3) is 0 Å². The molecule has 1 heterocycles. The number of carboxylic acids is 1. The van der Waals surface area contributed by atoms with Gasteiger partial charge in [-0.3, -0.25) is 0 Å². The zero-order valence-corrected chi connectivity index (χ0v) is 9.33. The summed E-state index contributed by atoms with van der Waals surface area (Å²) in [5.41, 5.74) is 0. The lowest BCUT2D eigenvalue weighted by atomic mass is 10.1. The summed E-state index contributed by atoms with van der Waals surface area (Å²) in [6, 6.07) is -0.606. The number of rotatable bonds is 6. The van der Waals surface area contributed by atoms with Crippen molar-refractivity contribution in [3.63, 3.8) is 0 Å². The Labute approximate surface area is 93.6 Å². The summed E-state index contributed by atoms with van der Waals surface area (Å²) in [7, 11) is 0. The lowest BCUT2D eigenvalue weighted by molar-refractivity contribution is -0.141. The molecule has 1 atom stereocenters. The van der Waals surface area contributed by atoms with Crippen LogP contribution in [0.4, 0.5) is 0 Å². The third kappa shape index (κ3) is 2.20. The Bertz CT molecular complexity index is 373. The number of hydrogen-bond acceptors (Lipinski definition) is 4. The maximum absolute atomic E-state index is 11.2. The molecule has 0 saturated heterocycles. The molecule has 2 rings (SSSR count). The van der Waals surface area contributed by atoms with E-state index in [2.05, 4.69) is 15.5 Å². The average Bonchev–Trinajstić information content (AvgIpc) is 2.99. The van der Waals surface area contributed by atoms with Crippen LogP contribution in [0.2, 0.25) is 0 Å². The smallest absolute Gasteiger partial charge is 0.328 e. The number of tetrazole rings is 1. The normalized spacial score (nSPS) is 17.3. The molecule has 0 bridgehead atoms. The first-order chi connectivity index (χ1) is 7.74. The van der Waals surface area contributed by atoms with Crippen molar-refractivity contribution in [1.82, 2.24) is 20.2 Å². The molecule has 0 aromatic carbocycles. The van der Waals surface area contributed by atoms with Crippen molar-refractivity contribution >= 4 is 5.97 Å². The molecule has 0 amide bonds. The van der Waals surface area contributed by atoms with E-state index in [0.717, 1.165) is 31.5 Å². The molecule has 16 heavy (non-hydrogen) atoms. The Kier molecular flexibility index (Phi) is 3.17. The molecule has 0 aliphatic heterocycles. The molecule has 1 aliphatic carbocycles. The molecule has 1 saturated carbocycles. The van der Waals surface area contributed by atoms with E-state index in [1.54, 1.807) is 0 Å². The van der Waals surface area contributed by atoms with Crippen LogP contribution in [0.15, 0.2) is 0 Å². The molecule has 1 unspecified atom stereocenters. The van der Waals surface area contributed by atoms with Crippen molar-refractivity contribution in [2.75, 3.05) is 0 Å². The van der Waals surface area contributed by atoms with E-state index in [0.29, 0.717) is 12.3 Å². The number of aliphatic carboxylic acids is 1. The van der Waals surface area contributed by atoms with Crippen LogP contribution in [0.1, 0.15) is 56.8 Å². The molecular formula is C10H16N4O2. The van der Waals surface area contributed by atoms with Gasteiger partial charge in [-0.25, -0.2) is 9.48 Å². The minimum atomic E-state index is -0.845. The molecule has 0 spiro atoms. The highest BCUT2D eigenvalue weighted by Gasteiger charge is 2.33. The average molecular weight is 224 g/mol. The second-order valence-electron chi connectivity index (χ2n) is 4.25. The maximum atomic E-state index is 11.2. The van der Waals surface area contributed by atoms with E-state index in [1.807, 2.05) is 6.92 Å². The predicted molar refractivity (Wildman–Crippen MR) is 56.0 cm³/mol. The standard InChI is InChI=1S/C10H16N4O2/c1-2-3-4-8(10(15)16)14-9(7-5-6-7)11-12-13-14/h7-8H,2-6H2,1H3,(H,15,16). The van der Waals surface area contributed by atoms with E-state index in [1.165, 1.54) is 4.68 Å². The first-order valence-corrected chi connectivity index (χ1v) is 5.74. The van der Waals surface area contributed by atoms with Crippen LogP contribution in [0.25, 0.3) is 0 Å². The van der Waals surface area contributed by atoms with Crippen LogP contribution in [0, 0.1) is 0 Å². The molecule has 88 valence electrons. The minimum absolute atomic E-state index is 0.374. The van der Waals surface area contributed by atoms with Gasteiger partial charge in [0.2, 0.25) is 0 Å². The lowest BCUT2D eigenvalue weighted by Crippen LogP contribution is -2.22. The monoisotopic (exact) mass is 224 g/mol. The summed E-state index contributed by atoms with van der Waals surface area (Å²) < 4.78 is 1.50. The van der Waals surface area contributed by atoms with Gasteiger partial charge in [0, 0.05) is 5.92 Å². The second-order valence-corrected chi connectivity index (χ2v) is 4.25. The summed E-state index contributed by atoms with van der Waals surface area (Å²) in [6.07, 6.45) is 4.59. The van der Waals surface area contributed by atoms with E-state index in [-0.39, 0.29) is 0 Å². The van der Waals surface area contributed by atoms with E-state index in [9.17, 15) is 9.90 Å². The maximum Gasteiger partial charge on any atom is 0.328 e. The first kappa shape index (κ1) is 11.0. The SMILES string of the molecule is CCCCC(C(=O)O)n1nnnc1C1CC1. The number of carboxylic acid groups (broad SMARTS) is 1. The van der Waals surface area contributed by atoms with Gasteiger partial charge in [-0.05, 0) is 29.7 Å². The van der Waals surface area contributed by atoms with Crippen LogP contribution in [-0.2, 0) is 4.79 Å². The van der Waals surface area contributed by atoms with E-state index in [4.69, 9.17) is 0 Å². The van der Waals surface area contributed by atoms with Gasteiger partial charge in [0.05, 0.1) is 0 Å². The molecule has 1 aromatic heterocycles. The van der Waals surface area contributed by atoms with Crippen LogP contribution in [0.5, 0.6) is 0 Å². The first-order valence-electron chi connectivity index (χ1n) is 5.74. The molecule has 1 N–H and O–H groups in total. The van der Waals surface area contributed by atoms with Crippen LogP contribution in [-0.4, -0.2) is 31.3 Å². The van der Waals surface area contributed by atoms with E-state index >= 15 is 0 Å². The quantitative estimate of drug-likeness (QED) is 0.789. The third-order valence-corrected chi connectivity index (χ3v) is 2.87. The van der Waals surface area contributed by atoms with Gasteiger partial charge in [0.15, 0.2) is 11.9 Å². The van der Waals surface area contributed by atoms with Gasteiger partial charge >= 0.3 is 5.97 Å². The molecule has 1 aliphatic rings. The topological polar surface area (TPSA) is 80.9 Å². The Morgan fingerprint density at radius 2 is 2.38 bits per heavy atom. The van der Waals surface area contributed by atoms with Crippen molar-refractivity contribution in [2.24, 2.45) is 0 Å². The number of carbonyl (C=O) groups is 1. The number of aromatic nitrogens is 4. The summed E-state index contributed by atoms with van der Waals surface area (Å²) in [5, 5.41) is 20.5. The van der Waals surface area contributed by atoms with Crippen molar-refractivity contribution in [1.29, 1.82) is 0 Å². The number of unbranched alkanes of at least 4 members (excludes halogenated alkanes) is 1. The molecule has 1 aromatic rings. The molecule has 6 nitrogen and oxygen atoms in total. The molecule has 6 heteroatoms. The highest BCUT2D eigenvalue weighted by molar-refractivity contribution is 5.71. The fraction of sp³-hybridized carbons (Fsp3) is 0.800. The van der Waals surface area contributed by atoms with Gasteiger partial charge in [-0.15, -0.1) is 5.10 Å². The number of nitrogens with zero attached hydrogens (tertiary/aromatic N) is 4. The summed E-state index contributed by atoms with van der Waals surface area (Å²) in [6.45, 7) is 2.04. The van der Waals surface area contributed by atoms with Crippen LogP contribution >= 0.6 is 0 Å². The minimum Gasteiger partial charge on any atom is -0.480 e. The Balaban J connectivity index is 2.16. The summed E-state index contributed by atoms with van der Waals surface area (Å²) in [4.78, 5) is 11.2. The van der Waals surface area contributed by atoms with Gasteiger partial charge < -0.3 is 5.11 Å². The van der Waals surface area contributed by atoms with Crippen LogP contribution in [0.3, 0.4) is 0 Å². The lowest BCUT2D eigenvalue weighted by Gasteiger charge is -2.13. The van der Waals surface area contributed by atoms with Crippen molar-refractivity contribution in [3.05, 3.63) is 5.82 Å². The second kappa shape index (κ2) is 4.59. The third-order valence-electron chi connectivity index (χ3n) is 2.87. The zero-order chi connectivity index (χ0) is 11.5. The van der Waals surface area contributed by atoms with Gasteiger partial charge in [-0.2, -0.15) is 0 Å². The van der Waals surface area contributed by atoms with Crippen molar-refractivity contribution in [2.45, 2.75) is 51.0 Å². The van der Waals surface area contributed by atoms with Gasteiger partial charge in [-0.1, -0.05) is 19.8 Å². The molecular weight excluding hydrogens is 208 g/mol. The molecule has 1 fully saturated rings. The fourth-order valence-electron chi connectivity index (χ4n) is 1.78. The highest BCUT2D eigenvalue weighted by atomic mass is 16.4. The summed E-state index contributed by atoms with van der Waals surface area (Å²) >= 11 is 0. The summed E-state index contributed by atoms with van der Waals surface area (Å²) in [5.74, 6) is 0.268. The van der Waals surface area contributed by atoms with Crippen molar-refractivity contribution < 1.29 is 9.90 Å². The fourth-order valence-corrected chi connectivity index (χ4v) is 1.78. The predicted octanol–water partition coefficient (Wildman–Crippen LogP) is 1.37. The van der Waals surface area contributed by atoms with Crippen molar-refractivity contribution in [3.8, 4) is 0 Å². The Morgan fingerprint density at radius 3 is 2.94 bits per heavy atom. The Hall–Kier alpha value is -1.46. The zero-order valence-electron chi connectivity index (χ0n) is 9.33. The van der Waals surface area contributed by atoms with Gasteiger partial charge in [0.1, 0.15) is 0 Å². The number of hydrogen-bond donors (Lipinski definition) is 1. The molecule has 0 radical (unpaired) electrons. The largest absolute Gasteiger partial charge is 0.480 e. The van der Waals surface area contributed by atoms with Crippen LogP contribution < -0.4 is 0 Å². The Morgan fingerprint density at radius 1 is 1.62 bits per heavy atom. The van der Waals surface area contributed by atoms with E-state index < -0.39 is 12.0 Å². The highest BCUT2D eigenvalue weighted by Crippen LogP contribution is 2.39.